The monoisotopic (exact) mass is 536 g/mol. The van der Waals surface area contributed by atoms with E-state index in [4.69, 9.17) is 10.5 Å². The lowest BCUT2D eigenvalue weighted by Crippen LogP contribution is -2.60. The summed E-state index contributed by atoms with van der Waals surface area (Å²) in [7, 11) is 0. The number of benzene rings is 1. The van der Waals surface area contributed by atoms with Gasteiger partial charge in [0.25, 0.3) is 5.91 Å². The Morgan fingerprint density at radius 2 is 2.06 bits per heavy atom. The molecule has 0 radical (unpaired) electrons. The quantitative estimate of drug-likeness (QED) is 0.160. The van der Waals surface area contributed by atoms with E-state index in [0.717, 1.165) is 28.5 Å². The lowest BCUT2D eigenvalue weighted by Gasteiger charge is -2.44. The maximum Gasteiger partial charge on any atom is 0.512 e. The lowest BCUT2D eigenvalue weighted by molar-refractivity contribution is -0.156. The Kier molecular flexibility index (Phi) is 8.83. The van der Waals surface area contributed by atoms with Crippen LogP contribution in [0.4, 0.5) is 4.79 Å². The lowest BCUT2D eigenvalue weighted by atomic mass is 9.80. The number of nitrogens with two attached hydrogens (primary N) is 1. The van der Waals surface area contributed by atoms with Crippen LogP contribution in [0.3, 0.4) is 0 Å². The molecule has 0 aliphatic carbocycles. The summed E-state index contributed by atoms with van der Waals surface area (Å²) in [6, 6.07) is 7.61. The number of carboxylic acid groups (broad SMARTS) is 1. The first kappa shape index (κ1) is 26.8. The fourth-order valence-corrected chi connectivity index (χ4v) is 7.42. The van der Waals surface area contributed by atoms with Crippen molar-refractivity contribution in [1.29, 1.82) is 0 Å². The number of amides is 2. The largest absolute Gasteiger partial charge is 0.512 e. The number of aliphatic hydroxyl groups excluding tert-OH is 1. The minimum atomic E-state index is -1.43. The molecule has 3 aliphatic rings. The maximum atomic E-state index is 12.6. The Morgan fingerprint density at radius 3 is 2.72 bits per heavy atom. The number of aliphatic hydroxyl groups is 1. The molecule has 5 atom stereocenters. The van der Waals surface area contributed by atoms with Crippen LogP contribution < -0.4 is 16.4 Å². The number of carbonyl (C=O) groups is 3. The molecule has 6 N–H and O–H groups in total. The van der Waals surface area contributed by atoms with E-state index < -0.39 is 6.16 Å². The Labute approximate surface area is 218 Å². The molecule has 3 aliphatic heterocycles. The van der Waals surface area contributed by atoms with Crippen molar-refractivity contribution in [2.75, 3.05) is 32.0 Å². The number of nitrogens with zero attached hydrogens (tertiary/aromatic N) is 1. The van der Waals surface area contributed by atoms with Crippen LogP contribution >= 0.6 is 23.5 Å². The summed E-state index contributed by atoms with van der Waals surface area (Å²) in [5, 5.41) is 25.1. The van der Waals surface area contributed by atoms with Crippen LogP contribution in [0.15, 0.2) is 39.9 Å². The summed E-state index contributed by atoms with van der Waals surface area (Å²) in [5.41, 5.74) is 6.02. The molecule has 2 amide bonds. The minimum Gasteiger partial charge on any atom is -0.449 e. The third kappa shape index (κ3) is 5.67. The standard InChI is InChI=1S/C24H32N4O6S2/c1-13-19-18(6-9-29)22(31)28(19)23(34-24(32)33)20(13)36-17-10-15(27-11-17)12-35-16-4-2-14(3-5-16)21(30)26-8-7-25/h2-5,13,15,17-19,27,29H,6-12,25H2,1H3,(H,26,30)(H,32,33)/t13-,15+,17+,18+,19-/m1/s1. The van der Waals surface area contributed by atoms with Crippen LogP contribution in [0.25, 0.3) is 0 Å². The molecule has 2 saturated heterocycles. The molecule has 1 aromatic carbocycles. The topological polar surface area (TPSA) is 154 Å². The van der Waals surface area contributed by atoms with Crippen molar-refractivity contribution in [3.8, 4) is 0 Å². The zero-order chi connectivity index (χ0) is 25.8. The van der Waals surface area contributed by atoms with Gasteiger partial charge in [-0.2, -0.15) is 0 Å². The van der Waals surface area contributed by atoms with Crippen LogP contribution in [0.2, 0.25) is 0 Å². The molecule has 10 nitrogen and oxygen atoms in total. The number of fused-ring (bicyclic) bond motifs is 1. The van der Waals surface area contributed by atoms with Gasteiger partial charge in [-0.3, -0.25) is 14.5 Å². The van der Waals surface area contributed by atoms with Crippen molar-refractivity contribution < 1.29 is 29.3 Å². The number of hydrogen-bond acceptors (Lipinski definition) is 9. The van der Waals surface area contributed by atoms with Gasteiger partial charge < -0.3 is 31.3 Å². The molecule has 4 rings (SSSR count). The van der Waals surface area contributed by atoms with Gasteiger partial charge in [0.2, 0.25) is 11.8 Å². The van der Waals surface area contributed by atoms with E-state index in [0.29, 0.717) is 25.1 Å². The van der Waals surface area contributed by atoms with E-state index in [1.807, 2.05) is 31.2 Å². The Bertz CT molecular complexity index is 1020. The molecule has 1 aromatic rings. The van der Waals surface area contributed by atoms with Crippen LogP contribution in [-0.4, -0.2) is 82.4 Å². The minimum absolute atomic E-state index is 0.0485. The highest BCUT2D eigenvalue weighted by Crippen LogP contribution is 2.52. The first-order valence-electron chi connectivity index (χ1n) is 12.0. The van der Waals surface area contributed by atoms with E-state index in [2.05, 4.69) is 10.6 Å². The highest BCUT2D eigenvalue weighted by atomic mass is 32.2. The molecule has 2 fully saturated rings. The van der Waals surface area contributed by atoms with Gasteiger partial charge in [0.15, 0.2) is 0 Å². The van der Waals surface area contributed by atoms with Crippen molar-refractivity contribution in [1.82, 2.24) is 15.5 Å². The number of ether oxygens (including phenoxy) is 1. The third-order valence-corrected chi connectivity index (χ3v) is 9.38. The van der Waals surface area contributed by atoms with Crippen LogP contribution in [0.5, 0.6) is 0 Å². The number of β-lactam (4-membered cyclic amide) rings is 1. The van der Waals surface area contributed by atoms with Crippen molar-refractivity contribution in [3.63, 3.8) is 0 Å². The molecular formula is C24H32N4O6S2. The van der Waals surface area contributed by atoms with Gasteiger partial charge in [0.05, 0.1) is 16.9 Å². The molecule has 12 heteroatoms. The van der Waals surface area contributed by atoms with Crippen LogP contribution in [0.1, 0.15) is 30.1 Å². The summed E-state index contributed by atoms with van der Waals surface area (Å²) in [6.07, 6.45) is -0.172. The van der Waals surface area contributed by atoms with Crippen LogP contribution in [0, 0.1) is 11.8 Å². The molecule has 0 spiro atoms. The van der Waals surface area contributed by atoms with Gasteiger partial charge >= 0.3 is 6.16 Å². The van der Waals surface area contributed by atoms with Gasteiger partial charge in [-0.25, -0.2) is 4.79 Å². The van der Waals surface area contributed by atoms with E-state index >= 15 is 0 Å². The Hall–Kier alpha value is -2.25. The Balaban J connectivity index is 1.32. The van der Waals surface area contributed by atoms with Gasteiger partial charge in [0, 0.05) is 59.7 Å². The number of carbonyl (C=O) groups excluding carboxylic acids is 2. The molecule has 0 saturated carbocycles. The second-order valence-electron chi connectivity index (χ2n) is 9.10. The number of thioether (sulfide) groups is 2. The highest BCUT2D eigenvalue weighted by molar-refractivity contribution is 8.03. The van der Waals surface area contributed by atoms with Gasteiger partial charge in [0.1, 0.15) is 0 Å². The van der Waals surface area contributed by atoms with E-state index in [-0.39, 0.29) is 53.5 Å². The first-order chi connectivity index (χ1) is 17.3. The average molecular weight is 537 g/mol. The smallest absolute Gasteiger partial charge is 0.449 e. The van der Waals surface area contributed by atoms with Crippen molar-refractivity contribution in [2.24, 2.45) is 17.6 Å². The second kappa shape index (κ2) is 11.9. The zero-order valence-corrected chi connectivity index (χ0v) is 21.6. The highest BCUT2D eigenvalue weighted by Gasteiger charge is 2.58. The fraction of sp³-hybridized carbons (Fsp3) is 0.542. The third-order valence-electron chi connectivity index (χ3n) is 6.72. The average Bonchev–Trinajstić information content (AvgIpc) is 3.41. The molecule has 196 valence electrons. The van der Waals surface area contributed by atoms with Gasteiger partial charge in [-0.1, -0.05) is 6.92 Å². The molecule has 0 aromatic heterocycles. The second-order valence-corrected chi connectivity index (χ2v) is 11.5. The van der Waals surface area contributed by atoms with Gasteiger partial charge in [-0.05, 0) is 37.1 Å². The summed E-state index contributed by atoms with van der Waals surface area (Å²) >= 11 is 3.30. The van der Waals surface area contributed by atoms with Crippen molar-refractivity contribution >= 4 is 41.5 Å². The van der Waals surface area contributed by atoms with Gasteiger partial charge in [-0.15, -0.1) is 23.5 Å². The number of rotatable bonds is 11. The summed E-state index contributed by atoms with van der Waals surface area (Å²) in [4.78, 5) is 39.2. The van der Waals surface area contributed by atoms with Crippen LogP contribution in [-0.2, 0) is 9.53 Å². The normalized spacial score (nSPS) is 27.1. The predicted octanol–water partition coefficient (Wildman–Crippen LogP) is 1.65. The number of hydrogen-bond donors (Lipinski definition) is 5. The fourth-order valence-electron chi connectivity index (χ4n) is 4.98. The summed E-state index contributed by atoms with van der Waals surface area (Å²) < 4.78 is 5.07. The molecule has 36 heavy (non-hydrogen) atoms. The summed E-state index contributed by atoms with van der Waals surface area (Å²) in [5.74, 6) is 0.318. The maximum absolute atomic E-state index is 12.6. The summed E-state index contributed by atoms with van der Waals surface area (Å²) in [6.45, 7) is 3.52. The van der Waals surface area contributed by atoms with E-state index in [9.17, 15) is 24.6 Å². The first-order valence-corrected chi connectivity index (χ1v) is 13.9. The molecule has 0 bridgehead atoms. The van der Waals surface area contributed by atoms with Crippen molar-refractivity contribution in [2.45, 2.75) is 42.0 Å². The van der Waals surface area contributed by atoms with Crippen molar-refractivity contribution in [3.05, 3.63) is 40.6 Å². The number of nitrogens with one attached hydrogen (secondary N) is 2. The van der Waals surface area contributed by atoms with E-state index in [1.165, 1.54) is 4.90 Å². The SMILES string of the molecule is C[C@H]1C(S[C@@H]2CN[C@H](CSc3ccc(C(=O)NCCN)cc3)C2)=C(OC(=O)O)N2C(=O)[C@@H](CCO)[C@@H]12. The molecular weight excluding hydrogens is 504 g/mol. The predicted molar refractivity (Wildman–Crippen MR) is 137 cm³/mol. The van der Waals surface area contributed by atoms with E-state index in [1.54, 1.807) is 23.5 Å². The zero-order valence-electron chi connectivity index (χ0n) is 20.0. The molecule has 0 unspecified atom stereocenters. The molecule has 3 heterocycles. The Morgan fingerprint density at radius 1 is 1.31 bits per heavy atom.